The molecule has 2 nitrogen and oxygen atoms in total. The Morgan fingerprint density at radius 2 is 2.11 bits per heavy atom. The fourth-order valence-corrected chi connectivity index (χ4v) is 0.757. The van der Waals surface area contributed by atoms with Crippen LogP contribution in [-0.2, 0) is 9.53 Å². The zero-order chi connectivity index (χ0) is 7.07. The predicted octanol–water partition coefficient (Wildman–Crippen LogP) is 1.13. The van der Waals surface area contributed by atoms with Crippen molar-refractivity contribution in [1.29, 1.82) is 0 Å². The number of hydrogen-bond acceptors (Lipinski definition) is 2. The smallest absolute Gasteiger partial charge is 0.334 e. The number of carbonyl (C=O) groups excluding carboxylic acids is 1. The maximum atomic E-state index is 10.7. The molecule has 0 aromatic rings. The van der Waals surface area contributed by atoms with Gasteiger partial charge in [-0.15, -0.1) is 0 Å². The van der Waals surface area contributed by atoms with Crippen molar-refractivity contribution in [2.45, 2.75) is 13.8 Å². The minimum atomic E-state index is -0.194. The molecule has 0 aromatic heterocycles. The van der Waals surface area contributed by atoms with E-state index in [9.17, 15) is 4.79 Å². The Hall–Kier alpha value is -0.790. The molecule has 1 aliphatic carbocycles. The van der Waals surface area contributed by atoms with Crippen molar-refractivity contribution in [3.8, 4) is 0 Å². The lowest BCUT2D eigenvalue weighted by Crippen LogP contribution is -2.03. The number of allylic oxidation sites excluding steroid dienone is 1. The Morgan fingerprint density at radius 3 is 2.22 bits per heavy atom. The van der Waals surface area contributed by atoms with Gasteiger partial charge in [-0.2, -0.15) is 0 Å². The fraction of sp³-hybridized carbons (Fsp3) is 0.571. The summed E-state index contributed by atoms with van der Waals surface area (Å²) in [6.07, 6.45) is 1.90. The van der Waals surface area contributed by atoms with Gasteiger partial charge in [0.15, 0.2) is 0 Å². The second kappa shape index (κ2) is 1.59. The standard InChI is InChI=1S/C7H10O2/c1-7(2)4-5(7)6(8)9-3/h4H,1-3H3. The highest BCUT2D eigenvalue weighted by molar-refractivity contribution is 5.95. The van der Waals surface area contributed by atoms with Crippen molar-refractivity contribution < 1.29 is 9.53 Å². The molecule has 0 N–H and O–H groups in total. The van der Waals surface area contributed by atoms with Gasteiger partial charge in [0.05, 0.1) is 7.11 Å². The highest BCUT2D eigenvalue weighted by Crippen LogP contribution is 2.43. The Kier molecular flexibility index (Phi) is 1.12. The molecule has 0 heterocycles. The molecule has 0 saturated carbocycles. The zero-order valence-corrected chi connectivity index (χ0v) is 5.89. The molecule has 0 atom stereocenters. The van der Waals surface area contributed by atoms with Crippen molar-refractivity contribution in [1.82, 2.24) is 0 Å². The number of hydrogen-bond donors (Lipinski definition) is 0. The largest absolute Gasteiger partial charge is 0.466 e. The van der Waals surface area contributed by atoms with E-state index in [-0.39, 0.29) is 11.4 Å². The molecule has 0 unspecified atom stereocenters. The predicted molar refractivity (Wildman–Crippen MR) is 33.9 cm³/mol. The van der Waals surface area contributed by atoms with Gasteiger partial charge in [-0.1, -0.05) is 19.9 Å². The number of carbonyl (C=O) groups is 1. The molecule has 1 rings (SSSR count). The second-order valence-corrected chi connectivity index (χ2v) is 2.77. The van der Waals surface area contributed by atoms with E-state index in [4.69, 9.17) is 0 Å². The maximum Gasteiger partial charge on any atom is 0.334 e. The third-order valence-electron chi connectivity index (χ3n) is 1.52. The third-order valence-corrected chi connectivity index (χ3v) is 1.52. The summed E-state index contributed by atoms with van der Waals surface area (Å²) in [6, 6.07) is 0. The van der Waals surface area contributed by atoms with Gasteiger partial charge < -0.3 is 4.74 Å². The highest BCUT2D eigenvalue weighted by Gasteiger charge is 2.39. The van der Waals surface area contributed by atoms with Crippen LogP contribution in [0, 0.1) is 5.41 Å². The van der Waals surface area contributed by atoms with Crippen molar-refractivity contribution in [3.63, 3.8) is 0 Å². The molecule has 2 heteroatoms. The first-order chi connectivity index (χ1) is 4.08. The van der Waals surface area contributed by atoms with Crippen LogP contribution < -0.4 is 0 Å². The molecular weight excluding hydrogens is 116 g/mol. The molecule has 0 bridgehead atoms. The van der Waals surface area contributed by atoms with E-state index in [0.717, 1.165) is 5.57 Å². The van der Waals surface area contributed by atoms with E-state index in [1.165, 1.54) is 7.11 Å². The summed E-state index contributed by atoms with van der Waals surface area (Å²) in [5.74, 6) is -0.194. The van der Waals surface area contributed by atoms with E-state index in [0.29, 0.717) is 0 Å². The first-order valence-corrected chi connectivity index (χ1v) is 2.89. The van der Waals surface area contributed by atoms with Gasteiger partial charge in [-0.3, -0.25) is 0 Å². The van der Waals surface area contributed by atoms with E-state index < -0.39 is 0 Å². The summed E-state index contributed by atoms with van der Waals surface area (Å²) in [5.41, 5.74) is 0.803. The first-order valence-electron chi connectivity index (χ1n) is 2.89. The average molecular weight is 126 g/mol. The molecule has 0 saturated heterocycles. The summed E-state index contributed by atoms with van der Waals surface area (Å²) in [7, 11) is 1.40. The van der Waals surface area contributed by atoms with Crippen LogP contribution in [0.15, 0.2) is 11.6 Å². The van der Waals surface area contributed by atoms with Gasteiger partial charge in [-0.05, 0) is 0 Å². The Bertz CT molecular complexity index is 177. The highest BCUT2D eigenvalue weighted by atomic mass is 16.5. The van der Waals surface area contributed by atoms with Gasteiger partial charge in [0.25, 0.3) is 0 Å². The van der Waals surface area contributed by atoms with Gasteiger partial charge in [-0.25, -0.2) is 4.79 Å². The minimum absolute atomic E-state index is 0.00704. The minimum Gasteiger partial charge on any atom is -0.466 e. The number of rotatable bonds is 1. The van der Waals surface area contributed by atoms with Crippen LogP contribution in [0.3, 0.4) is 0 Å². The molecular formula is C7H10O2. The molecule has 0 radical (unpaired) electrons. The quantitative estimate of drug-likeness (QED) is 0.492. The average Bonchev–Trinajstić information content (AvgIpc) is 2.38. The van der Waals surface area contributed by atoms with Crippen LogP contribution in [0.1, 0.15) is 13.8 Å². The van der Waals surface area contributed by atoms with E-state index in [1.807, 2.05) is 19.9 Å². The number of methoxy groups -OCH3 is 1. The molecule has 0 aliphatic heterocycles. The maximum absolute atomic E-state index is 10.7. The zero-order valence-electron chi connectivity index (χ0n) is 5.89. The molecule has 9 heavy (non-hydrogen) atoms. The fourth-order valence-electron chi connectivity index (χ4n) is 0.757. The number of esters is 1. The SMILES string of the molecule is COC(=O)C1=CC1(C)C. The van der Waals surface area contributed by atoms with Crippen molar-refractivity contribution in [2.75, 3.05) is 7.11 Å². The molecule has 50 valence electrons. The van der Waals surface area contributed by atoms with Crippen LogP contribution in [0.2, 0.25) is 0 Å². The summed E-state index contributed by atoms with van der Waals surface area (Å²) >= 11 is 0. The van der Waals surface area contributed by atoms with Crippen LogP contribution in [0.4, 0.5) is 0 Å². The van der Waals surface area contributed by atoms with E-state index >= 15 is 0 Å². The Labute approximate surface area is 54.5 Å². The molecule has 0 aromatic carbocycles. The van der Waals surface area contributed by atoms with Crippen molar-refractivity contribution in [3.05, 3.63) is 11.6 Å². The van der Waals surface area contributed by atoms with Gasteiger partial charge in [0.1, 0.15) is 0 Å². The number of ether oxygens (including phenoxy) is 1. The monoisotopic (exact) mass is 126 g/mol. The Balaban J connectivity index is 2.52. The van der Waals surface area contributed by atoms with Gasteiger partial charge in [0, 0.05) is 11.0 Å². The third kappa shape index (κ3) is 0.969. The van der Waals surface area contributed by atoms with Gasteiger partial charge >= 0.3 is 5.97 Å². The van der Waals surface area contributed by atoms with E-state index in [2.05, 4.69) is 4.74 Å². The lowest BCUT2D eigenvalue weighted by Gasteiger charge is -1.99. The topological polar surface area (TPSA) is 26.3 Å². The van der Waals surface area contributed by atoms with Crippen molar-refractivity contribution in [2.24, 2.45) is 5.41 Å². The lowest BCUT2D eigenvalue weighted by molar-refractivity contribution is -0.136. The molecule has 0 amide bonds. The van der Waals surface area contributed by atoms with Crippen LogP contribution in [0.25, 0.3) is 0 Å². The summed E-state index contributed by atoms with van der Waals surface area (Å²) < 4.78 is 4.50. The Morgan fingerprint density at radius 1 is 1.67 bits per heavy atom. The first kappa shape index (κ1) is 6.33. The summed E-state index contributed by atoms with van der Waals surface area (Å²) in [5, 5.41) is 0. The summed E-state index contributed by atoms with van der Waals surface area (Å²) in [6.45, 7) is 3.97. The lowest BCUT2D eigenvalue weighted by atomic mass is 10.1. The molecule has 1 aliphatic rings. The normalized spacial score (nSPS) is 20.6. The van der Waals surface area contributed by atoms with Gasteiger partial charge in [0.2, 0.25) is 0 Å². The second-order valence-electron chi connectivity index (χ2n) is 2.77. The van der Waals surface area contributed by atoms with Crippen LogP contribution in [-0.4, -0.2) is 13.1 Å². The van der Waals surface area contributed by atoms with Crippen LogP contribution >= 0.6 is 0 Å². The molecule has 0 fully saturated rings. The van der Waals surface area contributed by atoms with Crippen molar-refractivity contribution >= 4 is 5.97 Å². The van der Waals surface area contributed by atoms with Crippen LogP contribution in [0.5, 0.6) is 0 Å². The van der Waals surface area contributed by atoms with E-state index in [1.54, 1.807) is 0 Å². The summed E-state index contributed by atoms with van der Waals surface area (Å²) in [4.78, 5) is 10.7. The molecule has 0 spiro atoms.